The lowest BCUT2D eigenvalue weighted by molar-refractivity contribution is 0.721. The highest BCUT2D eigenvalue weighted by molar-refractivity contribution is 5.64. The maximum absolute atomic E-state index is 2.39. The molecule has 0 nitrogen and oxygen atoms in total. The molecule has 0 fully saturated rings. The first-order chi connectivity index (χ1) is 12.5. The summed E-state index contributed by atoms with van der Waals surface area (Å²) in [5, 5.41) is 0. The van der Waals surface area contributed by atoms with Gasteiger partial charge in [-0.15, -0.1) is 0 Å². The monoisotopic (exact) mass is 338 g/mol. The molecule has 0 heteroatoms. The Morgan fingerprint density at radius 3 is 1.69 bits per heavy atom. The van der Waals surface area contributed by atoms with Gasteiger partial charge in [0.15, 0.2) is 0 Å². The third kappa shape index (κ3) is 3.12. The van der Waals surface area contributed by atoms with Crippen molar-refractivity contribution < 1.29 is 0 Å². The van der Waals surface area contributed by atoms with Gasteiger partial charge in [-0.1, -0.05) is 95.1 Å². The summed E-state index contributed by atoms with van der Waals surface area (Å²) in [4.78, 5) is 0. The minimum absolute atomic E-state index is 0.340. The van der Waals surface area contributed by atoms with Gasteiger partial charge < -0.3 is 0 Å². The molecule has 0 heterocycles. The Morgan fingerprint density at radius 2 is 1.15 bits per heavy atom. The van der Waals surface area contributed by atoms with E-state index in [1.54, 1.807) is 0 Å². The summed E-state index contributed by atoms with van der Waals surface area (Å²) in [5.74, 6) is 0.723. The minimum Gasteiger partial charge on any atom is -0.0754 e. The molecule has 3 aromatic rings. The first-order valence-corrected chi connectivity index (χ1v) is 9.45. The van der Waals surface area contributed by atoms with Gasteiger partial charge in [-0.3, -0.25) is 0 Å². The molecule has 0 bridgehead atoms. The molecule has 0 saturated carbocycles. The van der Waals surface area contributed by atoms with E-state index in [4.69, 9.17) is 0 Å². The molecule has 0 radical (unpaired) electrons. The summed E-state index contributed by atoms with van der Waals surface area (Å²) in [7, 11) is 0. The Kier molecular flexibility index (Phi) is 4.28. The standard InChI is InChI=1S/C26H26/c1-17-11-18(2)14-22(13-17)26(23-15-19(3)12-20(4)16-23)25-10-9-21-7-5-6-8-24(21)25/h5-16,25-26H,1-4H3. The second-order valence-corrected chi connectivity index (χ2v) is 7.83. The molecule has 0 N–H and O–H groups in total. The molecule has 0 amide bonds. The van der Waals surface area contributed by atoms with Crippen molar-refractivity contribution in [2.24, 2.45) is 0 Å². The van der Waals surface area contributed by atoms with E-state index in [1.807, 2.05) is 0 Å². The predicted molar refractivity (Wildman–Crippen MR) is 112 cm³/mol. The predicted octanol–water partition coefficient (Wildman–Crippen LogP) is 6.86. The van der Waals surface area contributed by atoms with Crippen molar-refractivity contribution in [1.82, 2.24) is 0 Å². The van der Waals surface area contributed by atoms with Crippen molar-refractivity contribution in [1.29, 1.82) is 0 Å². The first-order valence-electron chi connectivity index (χ1n) is 9.45. The maximum Gasteiger partial charge on any atom is 0.0193 e. The van der Waals surface area contributed by atoms with E-state index in [-0.39, 0.29) is 0 Å². The van der Waals surface area contributed by atoms with Crippen molar-refractivity contribution >= 4 is 6.08 Å². The molecule has 1 unspecified atom stereocenters. The van der Waals surface area contributed by atoms with Crippen LogP contribution in [-0.4, -0.2) is 0 Å². The lowest BCUT2D eigenvalue weighted by Gasteiger charge is -2.26. The molecule has 1 aliphatic carbocycles. The van der Waals surface area contributed by atoms with Crippen molar-refractivity contribution in [2.75, 3.05) is 0 Å². The average Bonchev–Trinajstić information content (AvgIpc) is 2.97. The molecule has 0 saturated heterocycles. The quantitative estimate of drug-likeness (QED) is 0.489. The van der Waals surface area contributed by atoms with Gasteiger partial charge in [-0.05, 0) is 49.9 Å². The third-order valence-corrected chi connectivity index (χ3v) is 5.40. The number of allylic oxidation sites excluding steroid dienone is 1. The van der Waals surface area contributed by atoms with Gasteiger partial charge in [0.2, 0.25) is 0 Å². The normalized spacial score (nSPS) is 15.5. The summed E-state index contributed by atoms with van der Waals surface area (Å²) in [6, 6.07) is 22.8. The van der Waals surface area contributed by atoms with Gasteiger partial charge in [-0.2, -0.15) is 0 Å². The molecular formula is C26H26. The number of hydrogen-bond acceptors (Lipinski definition) is 0. The summed E-state index contributed by atoms with van der Waals surface area (Å²) < 4.78 is 0. The molecule has 0 aromatic heterocycles. The molecule has 130 valence electrons. The van der Waals surface area contributed by atoms with E-state index in [0.717, 1.165) is 0 Å². The van der Waals surface area contributed by atoms with Crippen molar-refractivity contribution in [3.8, 4) is 0 Å². The Balaban J connectivity index is 1.92. The van der Waals surface area contributed by atoms with Gasteiger partial charge in [0.1, 0.15) is 0 Å². The second-order valence-electron chi connectivity index (χ2n) is 7.83. The van der Waals surface area contributed by atoms with E-state index < -0.39 is 0 Å². The highest BCUT2D eigenvalue weighted by Crippen LogP contribution is 2.45. The molecule has 0 aliphatic heterocycles. The molecule has 26 heavy (non-hydrogen) atoms. The van der Waals surface area contributed by atoms with Crippen molar-refractivity contribution in [3.63, 3.8) is 0 Å². The zero-order valence-corrected chi connectivity index (χ0v) is 16.1. The minimum atomic E-state index is 0.340. The largest absolute Gasteiger partial charge is 0.0754 e. The van der Waals surface area contributed by atoms with E-state index in [9.17, 15) is 0 Å². The SMILES string of the molecule is Cc1cc(C)cc(C(c2cc(C)cc(C)c2)C2C=Cc3ccccc32)c1. The fraction of sp³-hybridized carbons (Fsp3) is 0.231. The van der Waals surface area contributed by atoms with Crippen LogP contribution in [0.4, 0.5) is 0 Å². The number of aryl methyl sites for hydroxylation is 4. The van der Waals surface area contributed by atoms with Crippen LogP contribution in [0, 0.1) is 27.7 Å². The average molecular weight is 338 g/mol. The molecular weight excluding hydrogens is 312 g/mol. The van der Waals surface area contributed by atoms with Gasteiger partial charge >= 0.3 is 0 Å². The maximum atomic E-state index is 2.39. The first kappa shape index (κ1) is 16.8. The third-order valence-electron chi connectivity index (χ3n) is 5.40. The number of rotatable bonds is 3. The van der Waals surface area contributed by atoms with Crippen LogP contribution in [0.15, 0.2) is 66.7 Å². The fourth-order valence-electron chi connectivity index (χ4n) is 4.55. The highest BCUT2D eigenvalue weighted by Gasteiger charge is 2.29. The molecule has 0 spiro atoms. The Labute approximate surface area is 157 Å². The zero-order chi connectivity index (χ0) is 18.3. The second kappa shape index (κ2) is 6.61. The van der Waals surface area contributed by atoms with Gasteiger partial charge in [0.25, 0.3) is 0 Å². The van der Waals surface area contributed by atoms with Crippen LogP contribution in [0.5, 0.6) is 0 Å². The topological polar surface area (TPSA) is 0 Å². The Hall–Kier alpha value is -2.60. The summed E-state index contributed by atoms with van der Waals surface area (Å²) >= 11 is 0. The molecule has 3 aromatic carbocycles. The summed E-state index contributed by atoms with van der Waals surface area (Å²) in [5.41, 5.74) is 11.0. The van der Waals surface area contributed by atoms with Crippen LogP contribution in [-0.2, 0) is 0 Å². The molecule has 4 rings (SSSR count). The Morgan fingerprint density at radius 1 is 0.654 bits per heavy atom. The van der Waals surface area contributed by atoms with E-state index in [0.29, 0.717) is 11.8 Å². The lowest BCUT2D eigenvalue weighted by Crippen LogP contribution is -2.11. The highest BCUT2D eigenvalue weighted by atomic mass is 14.3. The van der Waals surface area contributed by atoms with Crippen LogP contribution >= 0.6 is 0 Å². The van der Waals surface area contributed by atoms with Gasteiger partial charge in [-0.25, -0.2) is 0 Å². The molecule has 1 aliphatic rings. The van der Waals surface area contributed by atoms with E-state index >= 15 is 0 Å². The van der Waals surface area contributed by atoms with Crippen LogP contribution in [0.2, 0.25) is 0 Å². The Bertz CT molecular complexity index is 899. The van der Waals surface area contributed by atoms with Crippen LogP contribution in [0.3, 0.4) is 0 Å². The van der Waals surface area contributed by atoms with Gasteiger partial charge in [0, 0.05) is 11.8 Å². The summed E-state index contributed by atoms with van der Waals surface area (Å²) in [6.45, 7) is 8.81. The van der Waals surface area contributed by atoms with Gasteiger partial charge in [0.05, 0.1) is 0 Å². The van der Waals surface area contributed by atoms with E-state index in [1.165, 1.54) is 44.5 Å². The van der Waals surface area contributed by atoms with E-state index in [2.05, 4.69) is 101 Å². The number of benzene rings is 3. The van der Waals surface area contributed by atoms with Crippen LogP contribution in [0.25, 0.3) is 6.08 Å². The molecule has 1 atom stereocenters. The van der Waals surface area contributed by atoms with Crippen molar-refractivity contribution in [2.45, 2.75) is 39.5 Å². The summed E-state index contributed by atoms with van der Waals surface area (Å²) in [6.07, 6.45) is 4.68. The zero-order valence-electron chi connectivity index (χ0n) is 16.1. The van der Waals surface area contributed by atoms with Crippen LogP contribution < -0.4 is 0 Å². The fourth-order valence-corrected chi connectivity index (χ4v) is 4.55. The number of hydrogen-bond donors (Lipinski definition) is 0. The number of fused-ring (bicyclic) bond motifs is 1. The van der Waals surface area contributed by atoms with Crippen molar-refractivity contribution in [3.05, 3.63) is 111 Å². The smallest absolute Gasteiger partial charge is 0.0193 e. The lowest BCUT2D eigenvalue weighted by atomic mass is 9.77. The van der Waals surface area contributed by atoms with Crippen LogP contribution in [0.1, 0.15) is 56.3 Å².